The van der Waals surface area contributed by atoms with Crippen molar-refractivity contribution in [2.24, 2.45) is 27.9 Å². The minimum atomic E-state index is -1.92. The Morgan fingerprint density at radius 2 is 1.25 bits per heavy atom. The molecule has 31 nitrogen and oxygen atoms in total. The summed E-state index contributed by atoms with van der Waals surface area (Å²) >= 11 is 0. The third kappa shape index (κ3) is 21.2. The van der Waals surface area contributed by atoms with Crippen LogP contribution in [0.5, 0.6) is 0 Å². The fourth-order valence-electron chi connectivity index (χ4n) is 6.09. The number of nitrogens with zero attached hydrogens (tertiary/aromatic N) is 2. The van der Waals surface area contributed by atoms with Gasteiger partial charge in [-0.2, -0.15) is 0 Å². The summed E-state index contributed by atoms with van der Waals surface area (Å²) < 4.78 is 0. The van der Waals surface area contributed by atoms with Crippen molar-refractivity contribution < 1.29 is 87.9 Å². The van der Waals surface area contributed by atoms with E-state index in [0.29, 0.717) is 0 Å². The highest BCUT2D eigenvalue weighted by Gasteiger charge is 2.40. The first-order valence-corrected chi connectivity index (χ1v) is 20.2. The highest BCUT2D eigenvalue weighted by Crippen LogP contribution is 2.20. The van der Waals surface area contributed by atoms with Crippen LogP contribution in [0.1, 0.15) is 64.7 Å². The molecule has 67 heavy (non-hydrogen) atoms. The van der Waals surface area contributed by atoms with E-state index in [1.165, 1.54) is 0 Å². The predicted octanol–water partition coefficient (Wildman–Crippen LogP) is -8.83. The number of aliphatic hydroxyl groups is 1. The van der Waals surface area contributed by atoms with Gasteiger partial charge in [0.05, 0.1) is 38.5 Å². The first-order chi connectivity index (χ1) is 31.3. The van der Waals surface area contributed by atoms with Crippen LogP contribution in [0.25, 0.3) is 0 Å². The lowest BCUT2D eigenvalue weighted by Crippen LogP contribution is -2.59. The van der Waals surface area contributed by atoms with Crippen LogP contribution in [0.15, 0.2) is 4.99 Å². The Labute approximate surface area is 379 Å². The van der Waals surface area contributed by atoms with E-state index >= 15 is 0 Å². The third-order valence-electron chi connectivity index (χ3n) is 9.45. The molecule has 9 amide bonds. The minimum absolute atomic E-state index is 0.00487. The van der Waals surface area contributed by atoms with Crippen molar-refractivity contribution in [3.63, 3.8) is 0 Å². The number of aliphatic imine (C=N–C) groups is 1. The molecule has 0 bridgehead atoms. The van der Waals surface area contributed by atoms with Gasteiger partial charge in [0.2, 0.25) is 53.2 Å². The van der Waals surface area contributed by atoms with Gasteiger partial charge >= 0.3 is 23.9 Å². The number of carbonyl (C=O) groups is 13. The molecule has 1 saturated heterocycles. The zero-order valence-corrected chi connectivity index (χ0v) is 36.1. The van der Waals surface area contributed by atoms with Gasteiger partial charge in [0.15, 0.2) is 5.96 Å². The standard InChI is InChI=1S/C36H57N13O18/c1-15(28(59)48-21(14-50)32(63)47-20(35(66)67)12-27(57)58)43-31(62)17(4-2-8-41-36(39)40)44-24(52)13-42-30(61)19(11-23(38)51)46-33(64)22-5-3-9-49(22)34(65)18(6-7-25(53)54)45-29(60)16(37)10-26(55)56/h15-22,50H,2-14,37H2,1H3,(H2,38,51)(H,42,61)(H,43,62)(H,44,52)(H,45,60)(H,46,64)(H,47,63)(H,48,59)(H,53,54)(H,55,56)(H,57,58)(H,66,67)(H4,39,40,41)/t15-,16-,17-,18-,19-,20-,21-,22-/m0/s1. The number of primary amides is 1. The van der Waals surface area contributed by atoms with Gasteiger partial charge in [0.25, 0.3) is 0 Å². The second-order valence-electron chi connectivity index (χ2n) is 14.9. The molecule has 20 N–H and O–H groups in total. The maximum Gasteiger partial charge on any atom is 0.326 e. The number of likely N-dealkylation sites (tertiary alicyclic amines) is 1. The molecule has 0 unspecified atom stereocenters. The fourth-order valence-corrected chi connectivity index (χ4v) is 6.09. The Morgan fingerprint density at radius 3 is 1.81 bits per heavy atom. The number of nitrogens with two attached hydrogens (primary N) is 4. The zero-order chi connectivity index (χ0) is 51.1. The van der Waals surface area contributed by atoms with Crippen LogP contribution in [-0.2, 0) is 62.3 Å². The van der Waals surface area contributed by atoms with Gasteiger partial charge in [-0.05, 0) is 39.0 Å². The highest BCUT2D eigenvalue weighted by atomic mass is 16.4. The van der Waals surface area contributed by atoms with Gasteiger partial charge in [0, 0.05) is 19.5 Å². The Kier molecular flexibility index (Phi) is 24.2. The van der Waals surface area contributed by atoms with Crippen LogP contribution < -0.4 is 60.2 Å². The number of guanidine groups is 1. The summed E-state index contributed by atoms with van der Waals surface area (Å²) in [5.41, 5.74) is 21.5. The molecule has 0 radical (unpaired) electrons. The molecule has 0 aliphatic carbocycles. The average Bonchev–Trinajstić information content (AvgIpc) is 3.73. The number of carboxylic acids is 4. The molecule has 0 aromatic carbocycles. The second kappa shape index (κ2) is 28.3. The van der Waals surface area contributed by atoms with E-state index in [0.717, 1.165) is 11.8 Å². The average molecular weight is 960 g/mol. The number of hydrogen-bond donors (Lipinski definition) is 16. The van der Waals surface area contributed by atoms with Gasteiger partial charge in [-0.1, -0.05) is 0 Å². The highest BCUT2D eigenvalue weighted by molar-refractivity contribution is 5.99. The van der Waals surface area contributed by atoms with Crippen molar-refractivity contribution in [3.8, 4) is 0 Å². The van der Waals surface area contributed by atoms with Crippen molar-refractivity contribution >= 4 is 83.0 Å². The smallest absolute Gasteiger partial charge is 0.326 e. The summed E-state index contributed by atoms with van der Waals surface area (Å²) in [6.45, 7) is -0.972. The summed E-state index contributed by atoms with van der Waals surface area (Å²) in [7, 11) is 0. The van der Waals surface area contributed by atoms with E-state index < -0.39 is 171 Å². The molecule has 1 aliphatic heterocycles. The topological polar surface area (TPSA) is 527 Å². The van der Waals surface area contributed by atoms with Crippen LogP contribution in [0.3, 0.4) is 0 Å². The second-order valence-corrected chi connectivity index (χ2v) is 14.9. The van der Waals surface area contributed by atoms with Crippen LogP contribution in [0, 0.1) is 0 Å². The quantitative estimate of drug-likeness (QED) is 0.0181. The molecule has 31 heteroatoms. The Hall–Kier alpha value is -7.70. The van der Waals surface area contributed by atoms with Crippen molar-refractivity contribution in [3.05, 3.63) is 0 Å². The third-order valence-corrected chi connectivity index (χ3v) is 9.45. The minimum Gasteiger partial charge on any atom is -0.481 e. The molecular weight excluding hydrogens is 902 g/mol. The summed E-state index contributed by atoms with van der Waals surface area (Å²) in [5.74, 6) is -16.0. The van der Waals surface area contributed by atoms with Crippen LogP contribution in [-0.4, -0.2) is 188 Å². The van der Waals surface area contributed by atoms with Gasteiger partial charge in [-0.15, -0.1) is 0 Å². The monoisotopic (exact) mass is 959 g/mol. The number of aliphatic hydroxyl groups excluding tert-OH is 1. The molecule has 1 fully saturated rings. The first-order valence-electron chi connectivity index (χ1n) is 20.2. The largest absolute Gasteiger partial charge is 0.481 e. The molecule has 8 atom stereocenters. The summed E-state index contributed by atoms with van der Waals surface area (Å²) in [5, 5.41) is 61.1. The molecule has 1 heterocycles. The van der Waals surface area contributed by atoms with Crippen molar-refractivity contribution in [1.82, 2.24) is 42.1 Å². The number of nitrogens with one attached hydrogen (secondary N) is 7. The van der Waals surface area contributed by atoms with Crippen molar-refractivity contribution in [2.45, 2.75) is 113 Å². The molecule has 0 aromatic rings. The van der Waals surface area contributed by atoms with E-state index in [-0.39, 0.29) is 44.7 Å². The summed E-state index contributed by atoms with van der Waals surface area (Å²) in [6.07, 6.45) is -3.71. The lowest BCUT2D eigenvalue weighted by Gasteiger charge is -2.30. The lowest BCUT2D eigenvalue weighted by molar-refractivity contribution is -0.147. The molecule has 0 saturated carbocycles. The molecular formula is C36H57N13O18. The van der Waals surface area contributed by atoms with E-state index in [1.54, 1.807) is 0 Å². The summed E-state index contributed by atoms with van der Waals surface area (Å²) in [6, 6.07) is -13.0. The van der Waals surface area contributed by atoms with Gasteiger partial charge < -0.3 is 90.6 Å². The number of hydrogen-bond acceptors (Lipinski definition) is 16. The number of amides is 9. The fraction of sp³-hybridized carbons (Fsp3) is 0.611. The van der Waals surface area contributed by atoms with Crippen LogP contribution >= 0.6 is 0 Å². The number of carbonyl (C=O) groups excluding carboxylic acids is 9. The first kappa shape index (κ1) is 57.3. The molecule has 0 aromatic heterocycles. The number of rotatable bonds is 30. The lowest BCUT2D eigenvalue weighted by atomic mass is 10.1. The normalized spacial score (nSPS) is 16.1. The van der Waals surface area contributed by atoms with Gasteiger partial charge in [-0.3, -0.25) is 62.5 Å². The molecule has 1 aliphatic rings. The SMILES string of the molecule is C[C@H](NC(=O)[C@H](CCCN=C(N)N)NC(=O)CNC(=O)[C@H](CC(N)=O)NC(=O)[C@@H]1CCCN1C(=O)[C@H](CCC(=O)O)NC(=O)[C@@H](N)CC(=O)O)C(=O)N[C@@H](CO)C(=O)N[C@@H](CC(=O)O)C(=O)O. The number of carboxylic acid groups (broad SMARTS) is 4. The Balaban J connectivity index is 3.11. The Morgan fingerprint density at radius 1 is 0.657 bits per heavy atom. The predicted molar refractivity (Wildman–Crippen MR) is 223 cm³/mol. The maximum absolute atomic E-state index is 13.6. The molecule has 374 valence electrons. The number of aliphatic carboxylic acids is 4. The van der Waals surface area contributed by atoms with E-state index in [9.17, 15) is 77.6 Å². The van der Waals surface area contributed by atoms with Crippen LogP contribution in [0.2, 0.25) is 0 Å². The summed E-state index contributed by atoms with van der Waals surface area (Å²) in [4.78, 5) is 166. The maximum atomic E-state index is 13.6. The van der Waals surface area contributed by atoms with Gasteiger partial charge in [0.1, 0.15) is 42.3 Å². The van der Waals surface area contributed by atoms with E-state index in [4.69, 9.17) is 33.1 Å². The zero-order valence-electron chi connectivity index (χ0n) is 36.1. The van der Waals surface area contributed by atoms with Crippen LogP contribution in [0.4, 0.5) is 0 Å². The molecule has 0 spiro atoms. The Bertz CT molecular complexity index is 1910. The van der Waals surface area contributed by atoms with Gasteiger partial charge in [-0.25, -0.2) is 4.79 Å². The van der Waals surface area contributed by atoms with E-state index in [2.05, 4.69) is 36.9 Å². The van der Waals surface area contributed by atoms with Crippen molar-refractivity contribution in [2.75, 3.05) is 26.2 Å². The van der Waals surface area contributed by atoms with Crippen molar-refractivity contribution in [1.29, 1.82) is 0 Å². The molecule has 1 rings (SSSR count). The van der Waals surface area contributed by atoms with E-state index in [1.807, 2.05) is 5.32 Å².